The number of ether oxygens (including phenoxy) is 1. The van der Waals surface area contributed by atoms with E-state index in [1.54, 1.807) is 6.92 Å². The highest BCUT2D eigenvalue weighted by Gasteiger charge is 2.30. The molecule has 0 bridgehead atoms. The van der Waals surface area contributed by atoms with Gasteiger partial charge < -0.3 is 9.26 Å². The highest BCUT2D eigenvalue weighted by atomic mass is 32.2. The molecule has 0 spiro atoms. The maximum absolute atomic E-state index is 13.1. The van der Waals surface area contributed by atoms with Crippen molar-refractivity contribution in [2.45, 2.75) is 29.4 Å². The van der Waals surface area contributed by atoms with Crippen LogP contribution in [0.3, 0.4) is 0 Å². The summed E-state index contributed by atoms with van der Waals surface area (Å²) >= 11 is 1.28. The number of non-ortho nitro benzene ring substituents is 1. The third-order valence-electron chi connectivity index (χ3n) is 4.28. The van der Waals surface area contributed by atoms with E-state index < -0.39 is 14.9 Å². The number of benzene rings is 1. The minimum absolute atomic E-state index is 0.0599. The van der Waals surface area contributed by atoms with E-state index >= 15 is 0 Å². The largest absolute Gasteiger partial charge is 0.379 e. The van der Waals surface area contributed by atoms with Crippen LogP contribution in [0.25, 0.3) is 0 Å². The summed E-state index contributed by atoms with van der Waals surface area (Å²) in [5.41, 5.74) is 1.36. The van der Waals surface area contributed by atoms with Crippen molar-refractivity contribution in [2.75, 3.05) is 26.3 Å². The number of aryl methyl sites for hydroxylation is 2. The Morgan fingerprint density at radius 2 is 2.00 bits per heavy atom. The van der Waals surface area contributed by atoms with E-state index in [9.17, 15) is 18.5 Å². The third kappa shape index (κ3) is 4.15. The Kier molecular flexibility index (Phi) is 5.84. The van der Waals surface area contributed by atoms with E-state index in [0.717, 1.165) is 17.3 Å². The summed E-state index contributed by atoms with van der Waals surface area (Å²) in [6.45, 7) is 4.65. The van der Waals surface area contributed by atoms with Gasteiger partial charge in [-0.05, 0) is 19.9 Å². The van der Waals surface area contributed by atoms with Gasteiger partial charge in [-0.15, -0.1) is 11.8 Å². The van der Waals surface area contributed by atoms with Crippen LogP contribution in [-0.2, 0) is 20.5 Å². The van der Waals surface area contributed by atoms with E-state index in [0.29, 0.717) is 29.6 Å². The zero-order valence-electron chi connectivity index (χ0n) is 14.9. The van der Waals surface area contributed by atoms with E-state index in [1.165, 1.54) is 28.2 Å². The second-order valence-electron chi connectivity index (χ2n) is 6.00. The van der Waals surface area contributed by atoms with Crippen LogP contribution in [0.4, 0.5) is 5.69 Å². The van der Waals surface area contributed by atoms with Gasteiger partial charge in [0.25, 0.3) is 5.69 Å². The van der Waals surface area contributed by atoms with Gasteiger partial charge in [0.2, 0.25) is 10.0 Å². The fourth-order valence-electron chi connectivity index (χ4n) is 2.72. The molecule has 0 atom stereocenters. The number of nitrogens with zero attached hydrogens (tertiary/aromatic N) is 3. The first kappa shape index (κ1) is 19.8. The number of morpholine rings is 1. The lowest BCUT2D eigenvalue weighted by Gasteiger charge is -2.26. The highest BCUT2D eigenvalue weighted by molar-refractivity contribution is 7.99. The van der Waals surface area contributed by atoms with Gasteiger partial charge in [0.1, 0.15) is 10.7 Å². The second kappa shape index (κ2) is 7.97. The summed E-state index contributed by atoms with van der Waals surface area (Å²) in [7, 11) is -3.87. The molecule has 1 fully saturated rings. The van der Waals surface area contributed by atoms with Crippen molar-refractivity contribution in [2.24, 2.45) is 0 Å². The Hall–Kier alpha value is -1.95. The van der Waals surface area contributed by atoms with Crippen LogP contribution in [0.15, 0.2) is 32.5 Å². The number of sulfonamides is 1. The zero-order valence-corrected chi connectivity index (χ0v) is 16.5. The standard InChI is InChI=1S/C16H19N3O6S2/c1-11-14(12(2)25-17-11)10-26-15-4-3-13(19(20)21)9-16(15)27(22,23)18-5-7-24-8-6-18/h3-4,9H,5-8,10H2,1-2H3. The molecule has 0 N–H and O–H groups in total. The number of thioether (sulfide) groups is 1. The van der Waals surface area contributed by atoms with Crippen LogP contribution in [0.5, 0.6) is 0 Å². The van der Waals surface area contributed by atoms with Crippen LogP contribution in [0.2, 0.25) is 0 Å². The molecule has 1 aliphatic heterocycles. The molecule has 2 heterocycles. The van der Waals surface area contributed by atoms with Gasteiger partial charge in [0.05, 0.1) is 23.8 Å². The van der Waals surface area contributed by atoms with Crippen molar-refractivity contribution in [1.82, 2.24) is 9.46 Å². The fraction of sp³-hybridized carbons (Fsp3) is 0.438. The minimum atomic E-state index is -3.87. The number of rotatable bonds is 6. The lowest BCUT2D eigenvalue weighted by molar-refractivity contribution is -0.385. The van der Waals surface area contributed by atoms with Gasteiger partial charge in [-0.3, -0.25) is 10.1 Å². The van der Waals surface area contributed by atoms with Gasteiger partial charge in [0.15, 0.2) is 0 Å². The van der Waals surface area contributed by atoms with E-state index in [4.69, 9.17) is 9.26 Å². The Balaban J connectivity index is 1.97. The molecule has 27 heavy (non-hydrogen) atoms. The van der Waals surface area contributed by atoms with Gasteiger partial charge >= 0.3 is 0 Å². The molecule has 2 aromatic rings. The van der Waals surface area contributed by atoms with E-state index in [2.05, 4.69) is 5.16 Å². The molecule has 1 aromatic carbocycles. The van der Waals surface area contributed by atoms with Crippen molar-refractivity contribution in [3.63, 3.8) is 0 Å². The first-order valence-corrected chi connectivity index (χ1v) is 10.6. The fourth-order valence-corrected chi connectivity index (χ4v) is 5.79. The van der Waals surface area contributed by atoms with Gasteiger partial charge in [-0.2, -0.15) is 4.31 Å². The van der Waals surface area contributed by atoms with Crippen molar-refractivity contribution < 1.29 is 22.6 Å². The molecule has 11 heteroatoms. The molecule has 1 saturated heterocycles. The number of nitro benzene ring substituents is 1. The molecule has 0 amide bonds. The zero-order chi connectivity index (χ0) is 19.6. The Morgan fingerprint density at radius 1 is 1.30 bits per heavy atom. The van der Waals surface area contributed by atoms with Crippen LogP contribution in [0.1, 0.15) is 17.0 Å². The lowest BCUT2D eigenvalue weighted by Crippen LogP contribution is -2.40. The Morgan fingerprint density at radius 3 is 2.59 bits per heavy atom. The predicted octanol–water partition coefficient (Wildman–Crippen LogP) is 2.51. The van der Waals surface area contributed by atoms with Crippen LogP contribution >= 0.6 is 11.8 Å². The second-order valence-corrected chi connectivity index (χ2v) is 8.92. The summed E-state index contributed by atoms with van der Waals surface area (Å²) in [6.07, 6.45) is 0. The van der Waals surface area contributed by atoms with Crippen molar-refractivity contribution in [1.29, 1.82) is 0 Å². The molecule has 0 unspecified atom stereocenters. The third-order valence-corrected chi connectivity index (χ3v) is 7.45. The van der Waals surface area contributed by atoms with Gasteiger partial charge in [-0.25, -0.2) is 8.42 Å². The Labute approximate surface area is 160 Å². The number of aromatic nitrogens is 1. The number of hydrogen-bond acceptors (Lipinski definition) is 8. The summed E-state index contributed by atoms with van der Waals surface area (Å²) in [5.74, 6) is 1.12. The lowest BCUT2D eigenvalue weighted by atomic mass is 10.2. The average Bonchev–Trinajstić information content (AvgIpc) is 2.98. The molecule has 1 aliphatic rings. The van der Waals surface area contributed by atoms with Gasteiger partial charge in [-0.1, -0.05) is 5.16 Å². The monoisotopic (exact) mass is 413 g/mol. The van der Waals surface area contributed by atoms with Crippen LogP contribution < -0.4 is 0 Å². The van der Waals surface area contributed by atoms with E-state index in [1.807, 2.05) is 6.92 Å². The minimum Gasteiger partial charge on any atom is -0.379 e. The van der Waals surface area contributed by atoms with Crippen LogP contribution in [-0.4, -0.2) is 49.1 Å². The quantitative estimate of drug-likeness (QED) is 0.403. The van der Waals surface area contributed by atoms with Crippen molar-refractivity contribution in [3.05, 3.63) is 45.3 Å². The summed E-state index contributed by atoms with van der Waals surface area (Å²) < 4.78 is 37.8. The molecule has 0 radical (unpaired) electrons. The first-order chi connectivity index (χ1) is 12.8. The molecule has 0 saturated carbocycles. The van der Waals surface area contributed by atoms with Crippen LogP contribution in [0, 0.1) is 24.0 Å². The molecule has 9 nitrogen and oxygen atoms in total. The molecule has 146 valence electrons. The normalized spacial score (nSPS) is 15.8. The molecule has 0 aliphatic carbocycles. The summed E-state index contributed by atoms with van der Waals surface area (Å²) in [5, 5.41) is 15.0. The molecule has 1 aromatic heterocycles. The number of hydrogen-bond donors (Lipinski definition) is 0. The summed E-state index contributed by atoms with van der Waals surface area (Å²) in [4.78, 5) is 10.9. The van der Waals surface area contributed by atoms with Crippen molar-refractivity contribution in [3.8, 4) is 0 Å². The van der Waals surface area contributed by atoms with E-state index in [-0.39, 0.29) is 23.7 Å². The molecule has 3 rings (SSSR count). The average molecular weight is 413 g/mol. The SMILES string of the molecule is Cc1noc(C)c1CSc1ccc([N+](=O)[O-])cc1S(=O)(=O)N1CCOCC1. The molecular formula is C16H19N3O6S2. The van der Waals surface area contributed by atoms with Crippen molar-refractivity contribution >= 4 is 27.5 Å². The predicted molar refractivity (Wildman–Crippen MR) is 98.2 cm³/mol. The molecular weight excluding hydrogens is 394 g/mol. The Bertz CT molecular complexity index is 932. The summed E-state index contributed by atoms with van der Waals surface area (Å²) in [6, 6.07) is 3.92. The number of nitro groups is 1. The maximum atomic E-state index is 13.1. The first-order valence-electron chi connectivity index (χ1n) is 8.21. The van der Waals surface area contributed by atoms with Gasteiger partial charge in [0, 0.05) is 41.4 Å². The highest BCUT2D eigenvalue weighted by Crippen LogP contribution is 2.35. The topological polar surface area (TPSA) is 116 Å². The smallest absolute Gasteiger partial charge is 0.270 e. The maximum Gasteiger partial charge on any atom is 0.270 e.